The van der Waals surface area contributed by atoms with E-state index in [0.717, 1.165) is 5.56 Å². The minimum Gasteiger partial charge on any atom is -0.465 e. The molecule has 0 amide bonds. The summed E-state index contributed by atoms with van der Waals surface area (Å²) in [5, 5.41) is 0. The summed E-state index contributed by atoms with van der Waals surface area (Å²) in [6.07, 6.45) is 0.245. The summed E-state index contributed by atoms with van der Waals surface area (Å²) in [6, 6.07) is 13.8. The third kappa shape index (κ3) is 4.58. The van der Waals surface area contributed by atoms with Crippen LogP contribution >= 0.6 is 0 Å². The zero-order valence-electron chi connectivity index (χ0n) is 14.7. The van der Waals surface area contributed by atoms with Crippen molar-refractivity contribution in [3.63, 3.8) is 0 Å². The van der Waals surface area contributed by atoms with Crippen molar-refractivity contribution in [2.24, 2.45) is 0 Å². The van der Waals surface area contributed by atoms with Crippen LogP contribution in [-0.4, -0.2) is 29.0 Å². The van der Waals surface area contributed by atoms with Gasteiger partial charge in [-0.15, -0.1) is 0 Å². The Hall–Kier alpha value is -3.48. The van der Waals surface area contributed by atoms with E-state index < -0.39 is 11.9 Å². The van der Waals surface area contributed by atoms with Gasteiger partial charge in [-0.25, -0.2) is 9.78 Å². The van der Waals surface area contributed by atoms with Crippen LogP contribution in [0.3, 0.4) is 0 Å². The Morgan fingerprint density at radius 3 is 2.56 bits per heavy atom. The van der Waals surface area contributed by atoms with Crippen molar-refractivity contribution in [2.45, 2.75) is 19.4 Å². The van der Waals surface area contributed by atoms with E-state index in [-0.39, 0.29) is 25.0 Å². The first-order chi connectivity index (χ1) is 13.1. The van der Waals surface area contributed by atoms with E-state index in [1.54, 1.807) is 36.4 Å². The van der Waals surface area contributed by atoms with Crippen molar-refractivity contribution in [3.05, 3.63) is 75.7 Å². The second-order valence-electron chi connectivity index (χ2n) is 5.88. The largest absolute Gasteiger partial charge is 0.465 e. The molecule has 0 fully saturated rings. The first-order valence-corrected chi connectivity index (χ1v) is 8.37. The molecule has 3 aromatic rings. The number of aromatic amines is 1. The number of fused-ring (bicyclic) bond motifs is 1. The Morgan fingerprint density at radius 1 is 1.07 bits per heavy atom. The number of aromatic nitrogens is 2. The van der Waals surface area contributed by atoms with Gasteiger partial charge in [0.25, 0.3) is 5.56 Å². The van der Waals surface area contributed by atoms with Gasteiger partial charge in [0.2, 0.25) is 0 Å². The number of nitrogens with zero attached hydrogens (tertiary/aromatic N) is 1. The number of benzene rings is 2. The number of ether oxygens (including phenoxy) is 2. The van der Waals surface area contributed by atoms with Crippen LogP contribution in [-0.2, 0) is 27.3 Å². The van der Waals surface area contributed by atoms with Crippen LogP contribution in [0.4, 0.5) is 0 Å². The molecule has 0 spiro atoms. The molecular weight excluding hydrogens is 348 g/mol. The Bertz CT molecular complexity index is 1020. The lowest BCUT2D eigenvalue weighted by atomic mass is 10.1. The van der Waals surface area contributed by atoms with Gasteiger partial charge in [-0.1, -0.05) is 24.3 Å². The molecule has 0 saturated carbocycles. The van der Waals surface area contributed by atoms with Crippen molar-refractivity contribution in [3.8, 4) is 0 Å². The maximum atomic E-state index is 12.0. The topological polar surface area (TPSA) is 98.3 Å². The Balaban J connectivity index is 1.55. The number of para-hydroxylation sites is 2. The molecule has 0 bridgehead atoms. The zero-order chi connectivity index (χ0) is 19.2. The number of nitrogens with one attached hydrogen (secondary N) is 1. The Labute approximate surface area is 155 Å². The van der Waals surface area contributed by atoms with Gasteiger partial charge in [-0.2, -0.15) is 0 Å². The van der Waals surface area contributed by atoms with E-state index in [2.05, 4.69) is 14.7 Å². The molecular formula is C20H18N2O5. The SMILES string of the molecule is COC(=O)c1ccc(COC(=O)CCc2nc3ccccc3[nH]c2=O)cc1. The van der Waals surface area contributed by atoms with Gasteiger partial charge in [-0.3, -0.25) is 9.59 Å². The van der Waals surface area contributed by atoms with Gasteiger partial charge in [0.15, 0.2) is 0 Å². The molecule has 7 nitrogen and oxygen atoms in total. The highest BCUT2D eigenvalue weighted by Gasteiger charge is 2.10. The predicted molar refractivity (Wildman–Crippen MR) is 98.3 cm³/mol. The third-order valence-electron chi connectivity index (χ3n) is 4.01. The normalized spacial score (nSPS) is 10.6. The molecule has 1 N–H and O–H groups in total. The maximum Gasteiger partial charge on any atom is 0.337 e. The highest BCUT2D eigenvalue weighted by Crippen LogP contribution is 2.09. The molecule has 2 aromatic carbocycles. The standard InChI is InChI=1S/C20H18N2O5/c1-26-20(25)14-8-6-13(7-9-14)12-27-18(23)11-10-17-19(24)22-16-5-3-2-4-15(16)21-17/h2-9H,10-12H2,1H3,(H,22,24). The average molecular weight is 366 g/mol. The number of hydrogen-bond acceptors (Lipinski definition) is 6. The summed E-state index contributed by atoms with van der Waals surface area (Å²) in [5.41, 5.74) is 2.50. The summed E-state index contributed by atoms with van der Waals surface area (Å²) in [4.78, 5) is 42.4. The van der Waals surface area contributed by atoms with Crippen LogP contribution in [0.2, 0.25) is 0 Å². The van der Waals surface area contributed by atoms with Crippen molar-refractivity contribution in [1.82, 2.24) is 9.97 Å². The first-order valence-electron chi connectivity index (χ1n) is 8.37. The summed E-state index contributed by atoms with van der Waals surface area (Å²) in [5.74, 6) is -0.854. The summed E-state index contributed by atoms with van der Waals surface area (Å²) < 4.78 is 9.84. The third-order valence-corrected chi connectivity index (χ3v) is 4.01. The molecule has 0 atom stereocenters. The van der Waals surface area contributed by atoms with E-state index >= 15 is 0 Å². The number of esters is 2. The summed E-state index contributed by atoms with van der Waals surface area (Å²) >= 11 is 0. The molecule has 138 valence electrons. The predicted octanol–water partition coefficient (Wildman–Crippen LogP) is 2.39. The number of rotatable bonds is 6. The molecule has 0 aliphatic heterocycles. The molecule has 0 aliphatic rings. The molecule has 0 saturated heterocycles. The molecule has 1 aromatic heterocycles. The molecule has 0 radical (unpaired) electrons. The molecule has 1 heterocycles. The van der Waals surface area contributed by atoms with Crippen LogP contribution in [0, 0.1) is 0 Å². The van der Waals surface area contributed by atoms with Crippen molar-refractivity contribution in [1.29, 1.82) is 0 Å². The lowest BCUT2D eigenvalue weighted by Crippen LogP contribution is -2.17. The van der Waals surface area contributed by atoms with Crippen LogP contribution in [0.15, 0.2) is 53.3 Å². The van der Waals surface area contributed by atoms with Crippen LogP contribution in [0.1, 0.15) is 28.0 Å². The van der Waals surface area contributed by atoms with Crippen LogP contribution in [0.5, 0.6) is 0 Å². The maximum absolute atomic E-state index is 12.0. The minimum atomic E-state index is -0.429. The molecule has 7 heteroatoms. The fourth-order valence-electron chi connectivity index (χ4n) is 2.55. The van der Waals surface area contributed by atoms with Crippen LogP contribution in [0.25, 0.3) is 11.0 Å². The molecule has 27 heavy (non-hydrogen) atoms. The quantitative estimate of drug-likeness (QED) is 0.673. The van der Waals surface area contributed by atoms with Gasteiger partial charge in [-0.05, 0) is 29.8 Å². The number of carbonyl (C=O) groups excluding carboxylic acids is 2. The van der Waals surface area contributed by atoms with Crippen LogP contribution < -0.4 is 5.56 Å². The van der Waals surface area contributed by atoms with E-state index in [9.17, 15) is 14.4 Å². The van der Waals surface area contributed by atoms with Gasteiger partial charge >= 0.3 is 11.9 Å². The Morgan fingerprint density at radius 2 is 1.81 bits per heavy atom. The lowest BCUT2D eigenvalue weighted by molar-refractivity contribution is -0.144. The van der Waals surface area contributed by atoms with Gasteiger partial charge in [0, 0.05) is 6.42 Å². The van der Waals surface area contributed by atoms with E-state index in [1.165, 1.54) is 7.11 Å². The first kappa shape index (κ1) is 18.3. The second kappa shape index (κ2) is 8.27. The Kier molecular flexibility index (Phi) is 5.61. The number of H-pyrrole nitrogens is 1. The fourth-order valence-corrected chi connectivity index (χ4v) is 2.55. The smallest absolute Gasteiger partial charge is 0.337 e. The number of hydrogen-bond donors (Lipinski definition) is 1. The highest BCUT2D eigenvalue weighted by molar-refractivity contribution is 5.89. The van der Waals surface area contributed by atoms with Crippen molar-refractivity contribution in [2.75, 3.05) is 7.11 Å². The average Bonchev–Trinajstić information content (AvgIpc) is 2.70. The van der Waals surface area contributed by atoms with E-state index in [0.29, 0.717) is 22.3 Å². The van der Waals surface area contributed by atoms with Crippen molar-refractivity contribution < 1.29 is 19.1 Å². The zero-order valence-corrected chi connectivity index (χ0v) is 14.7. The van der Waals surface area contributed by atoms with Crippen molar-refractivity contribution >= 4 is 23.0 Å². The van der Waals surface area contributed by atoms with Gasteiger partial charge < -0.3 is 14.5 Å². The van der Waals surface area contributed by atoms with Gasteiger partial charge in [0.1, 0.15) is 12.3 Å². The molecule has 0 aliphatic carbocycles. The number of carbonyl (C=O) groups is 2. The van der Waals surface area contributed by atoms with Gasteiger partial charge in [0.05, 0.1) is 30.1 Å². The fraction of sp³-hybridized carbons (Fsp3) is 0.200. The minimum absolute atomic E-state index is 0.0503. The lowest BCUT2D eigenvalue weighted by Gasteiger charge is -2.06. The summed E-state index contributed by atoms with van der Waals surface area (Å²) in [6.45, 7) is 0.0851. The molecule has 0 unspecified atom stereocenters. The number of aryl methyl sites for hydroxylation is 1. The van der Waals surface area contributed by atoms with E-state index in [4.69, 9.17) is 4.74 Å². The van der Waals surface area contributed by atoms with E-state index in [1.807, 2.05) is 12.1 Å². The summed E-state index contributed by atoms with van der Waals surface area (Å²) in [7, 11) is 1.31. The second-order valence-corrected chi connectivity index (χ2v) is 5.88. The highest BCUT2D eigenvalue weighted by atomic mass is 16.5. The monoisotopic (exact) mass is 366 g/mol. The number of methoxy groups -OCH3 is 1. The molecule has 3 rings (SSSR count).